The third-order valence-corrected chi connectivity index (χ3v) is 5.66. The molecule has 19 heavy (non-hydrogen) atoms. The van der Waals surface area contributed by atoms with Crippen molar-refractivity contribution < 1.29 is 0 Å². The van der Waals surface area contributed by atoms with E-state index in [1.165, 1.54) is 11.1 Å². The summed E-state index contributed by atoms with van der Waals surface area (Å²) in [5.74, 6) is 0. The second kappa shape index (κ2) is 6.23. The molecule has 4 heteroatoms. The molecule has 1 aromatic heterocycles. The van der Waals surface area contributed by atoms with Crippen LogP contribution in [0.5, 0.6) is 0 Å². The predicted octanol–water partition coefficient (Wildman–Crippen LogP) is 4.00. The second-order valence-corrected chi connectivity index (χ2v) is 6.14. The van der Waals surface area contributed by atoms with Gasteiger partial charge in [0.05, 0.1) is 5.69 Å². The van der Waals surface area contributed by atoms with Gasteiger partial charge in [-0.25, -0.2) is 0 Å². The molecule has 2 rings (SSSR count). The highest BCUT2D eigenvalue weighted by atomic mass is 79.9. The first-order valence-corrected chi connectivity index (χ1v) is 8.52. The smallest absolute Gasteiger partial charge is 0.0633 e. The van der Waals surface area contributed by atoms with E-state index in [1.807, 2.05) is 17.9 Å². The van der Waals surface area contributed by atoms with Crippen LogP contribution < -0.4 is 0 Å². The number of hydrogen-bond donors (Lipinski definition) is 0. The molecule has 1 heterocycles. The third kappa shape index (κ3) is 3.11. The van der Waals surface area contributed by atoms with Crippen molar-refractivity contribution in [3.63, 3.8) is 0 Å². The molecule has 0 radical (unpaired) electrons. The Kier molecular flexibility index (Phi) is 4.85. The maximum atomic E-state index is 4.52. The fourth-order valence-electron chi connectivity index (χ4n) is 2.44. The average molecular weight is 386 g/mol. The van der Waals surface area contributed by atoms with Crippen LogP contribution in [0.4, 0.5) is 0 Å². The van der Waals surface area contributed by atoms with Gasteiger partial charge in [0.2, 0.25) is 0 Å². The van der Waals surface area contributed by atoms with Gasteiger partial charge in [-0.15, -0.1) is 0 Å². The lowest BCUT2D eigenvalue weighted by atomic mass is 9.78. The van der Waals surface area contributed by atoms with Crippen LogP contribution in [0.3, 0.4) is 0 Å². The molecule has 0 aliphatic rings. The first-order chi connectivity index (χ1) is 9.11. The standard InChI is InChI=1S/C15H18Br2N2/c1-12-5-3-4-6-14(12)15(10-16,11-17)9-13-7-8-19(2)18-13/h3-8H,9-11H2,1-2H3. The van der Waals surface area contributed by atoms with Crippen molar-refractivity contribution in [2.24, 2.45) is 7.05 Å². The van der Waals surface area contributed by atoms with E-state index < -0.39 is 0 Å². The van der Waals surface area contributed by atoms with E-state index in [1.54, 1.807) is 0 Å². The Morgan fingerprint density at radius 2 is 1.84 bits per heavy atom. The summed E-state index contributed by atoms with van der Waals surface area (Å²) in [6.07, 6.45) is 2.93. The third-order valence-electron chi connectivity index (χ3n) is 3.52. The number of benzene rings is 1. The van der Waals surface area contributed by atoms with E-state index in [0.717, 1.165) is 22.8 Å². The summed E-state index contributed by atoms with van der Waals surface area (Å²) >= 11 is 7.41. The summed E-state index contributed by atoms with van der Waals surface area (Å²) in [6, 6.07) is 10.7. The van der Waals surface area contributed by atoms with E-state index >= 15 is 0 Å². The maximum Gasteiger partial charge on any atom is 0.0633 e. The summed E-state index contributed by atoms with van der Waals surface area (Å²) in [5.41, 5.74) is 3.89. The van der Waals surface area contributed by atoms with Crippen molar-refractivity contribution in [2.75, 3.05) is 10.7 Å². The molecule has 0 spiro atoms. The minimum absolute atomic E-state index is 0.0414. The SMILES string of the molecule is Cc1ccccc1C(CBr)(CBr)Cc1ccn(C)n1. The summed E-state index contributed by atoms with van der Waals surface area (Å²) < 4.78 is 1.86. The summed E-state index contributed by atoms with van der Waals surface area (Å²) in [6.45, 7) is 2.17. The fraction of sp³-hybridized carbons (Fsp3) is 0.400. The molecule has 2 aromatic rings. The van der Waals surface area contributed by atoms with E-state index in [-0.39, 0.29) is 5.41 Å². The topological polar surface area (TPSA) is 17.8 Å². The van der Waals surface area contributed by atoms with Crippen molar-refractivity contribution >= 4 is 31.9 Å². The zero-order chi connectivity index (χ0) is 13.9. The molecule has 0 bridgehead atoms. The van der Waals surface area contributed by atoms with Gasteiger partial charge < -0.3 is 0 Å². The number of aryl methyl sites for hydroxylation is 2. The molecule has 0 saturated heterocycles. The lowest BCUT2D eigenvalue weighted by Crippen LogP contribution is -2.34. The minimum atomic E-state index is 0.0414. The average Bonchev–Trinajstić information content (AvgIpc) is 2.82. The maximum absolute atomic E-state index is 4.52. The number of aromatic nitrogens is 2. The van der Waals surface area contributed by atoms with E-state index in [9.17, 15) is 0 Å². The summed E-state index contributed by atoms with van der Waals surface area (Å²) in [5, 5.41) is 6.34. The number of alkyl halides is 2. The molecule has 1 aromatic carbocycles. The first-order valence-electron chi connectivity index (χ1n) is 6.28. The van der Waals surface area contributed by atoms with E-state index in [2.05, 4.69) is 74.2 Å². The molecule has 2 nitrogen and oxygen atoms in total. The van der Waals surface area contributed by atoms with Crippen molar-refractivity contribution in [3.05, 3.63) is 53.3 Å². The van der Waals surface area contributed by atoms with Crippen LogP contribution in [-0.4, -0.2) is 20.4 Å². The van der Waals surface area contributed by atoms with Crippen LogP contribution in [0, 0.1) is 6.92 Å². The van der Waals surface area contributed by atoms with Crippen LogP contribution in [-0.2, 0) is 18.9 Å². The van der Waals surface area contributed by atoms with Crippen molar-refractivity contribution in [2.45, 2.75) is 18.8 Å². The normalized spacial score (nSPS) is 11.8. The lowest BCUT2D eigenvalue weighted by molar-refractivity contribution is 0.534. The Balaban J connectivity index is 2.40. The van der Waals surface area contributed by atoms with E-state index in [4.69, 9.17) is 0 Å². The Bertz CT molecular complexity index is 545. The van der Waals surface area contributed by atoms with Crippen molar-refractivity contribution in [1.29, 1.82) is 0 Å². The van der Waals surface area contributed by atoms with Gasteiger partial charge >= 0.3 is 0 Å². The lowest BCUT2D eigenvalue weighted by Gasteiger charge is -2.31. The van der Waals surface area contributed by atoms with Gasteiger partial charge in [0.15, 0.2) is 0 Å². The predicted molar refractivity (Wildman–Crippen MR) is 87.4 cm³/mol. The fourth-order valence-corrected chi connectivity index (χ4v) is 4.37. The van der Waals surface area contributed by atoms with Gasteiger partial charge in [0, 0.05) is 35.7 Å². The summed E-state index contributed by atoms with van der Waals surface area (Å²) in [4.78, 5) is 0. The van der Waals surface area contributed by atoms with Crippen LogP contribution >= 0.6 is 31.9 Å². The number of nitrogens with zero attached hydrogens (tertiary/aromatic N) is 2. The molecule has 0 unspecified atom stereocenters. The molecular weight excluding hydrogens is 368 g/mol. The van der Waals surface area contributed by atoms with Crippen molar-refractivity contribution in [3.8, 4) is 0 Å². The molecule has 0 aliphatic heterocycles. The zero-order valence-electron chi connectivity index (χ0n) is 11.2. The van der Waals surface area contributed by atoms with Gasteiger partial charge in [0.25, 0.3) is 0 Å². The first kappa shape index (κ1) is 14.8. The molecule has 0 saturated carbocycles. The molecule has 102 valence electrons. The van der Waals surface area contributed by atoms with Gasteiger partial charge in [-0.05, 0) is 24.1 Å². The Morgan fingerprint density at radius 1 is 1.16 bits per heavy atom. The number of hydrogen-bond acceptors (Lipinski definition) is 1. The zero-order valence-corrected chi connectivity index (χ0v) is 14.4. The van der Waals surface area contributed by atoms with Gasteiger partial charge in [-0.3, -0.25) is 4.68 Å². The molecule has 0 aliphatic carbocycles. The monoisotopic (exact) mass is 384 g/mol. The highest BCUT2D eigenvalue weighted by molar-refractivity contribution is 9.09. The Morgan fingerprint density at radius 3 is 2.37 bits per heavy atom. The van der Waals surface area contributed by atoms with Crippen LogP contribution in [0.1, 0.15) is 16.8 Å². The summed E-state index contributed by atoms with van der Waals surface area (Å²) in [7, 11) is 1.96. The van der Waals surface area contributed by atoms with Gasteiger partial charge in [-0.2, -0.15) is 5.10 Å². The van der Waals surface area contributed by atoms with Crippen LogP contribution in [0.2, 0.25) is 0 Å². The van der Waals surface area contributed by atoms with Gasteiger partial charge in [-0.1, -0.05) is 56.1 Å². The van der Waals surface area contributed by atoms with Crippen LogP contribution in [0.25, 0.3) is 0 Å². The Hall–Kier alpha value is -0.610. The minimum Gasteiger partial charge on any atom is -0.276 e. The quantitative estimate of drug-likeness (QED) is 0.711. The molecule has 0 fully saturated rings. The highest BCUT2D eigenvalue weighted by Gasteiger charge is 2.32. The molecule has 0 N–H and O–H groups in total. The van der Waals surface area contributed by atoms with Gasteiger partial charge in [0.1, 0.15) is 0 Å². The number of halogens is 2. The highest BCUT2D eigenvalue weighted by Crippen LogP contribution is 2.34. The molecule has 0 atom stereocenters. The van der Waals surface area contributed by atoms with Crippen LogP contribution in [0.15, 0.2) is 36.5 Å². The van der Waals surface area contributed by atoms with E-state index in [0.29, 0.717) is 0 Å². The second-order valence-electron chi connectivity index (χ2n) is 5.02. The Labute approximate surface area is 131 Å². The number of rotatable bonds is 5. The van der Waals surface area contributed by atoms with Crippen molar-refractivity contribution in [1.82, 2.24) is 9.78 Å². The molecular formula is C15H18Br2N2. The largest absolute Gasteiger partial charge is 0.276 e. The molecule has 0 amide bonds.